The minimum absolute atomic E-state index is 0.0196. The zero-order chi connectivity index (χ0) is 23.2. The lowest BCUT2D eigenvalue weighted by Crippen LogP contribution is -2.59. The molecule has 33 heavy (non-hydrogen) atoms. The van der Waals surface area contributed by atoms with Crippen molar-refractivity contribution in [3.63, 3.8) is 0 Å². The summed E-state index contributed by atoms with van der Waals surface area (Å²) in [6, 6.07) is 20.6. The number of ketones is 1. The number of benzene rings is 3. The zero-order valence-corrected chi connectivity index (χ0v) is 18.7. The SMILES string of the molecule is COc1cc(C(=O)[C@]23C[C@H](c4ccccc4)[C@H]2c2ccccc2OC3=O)cc(OC)c1OC. The molecule has 0 bridgehead atoms. The van der Waals surface area contributed by atoms with Crippen molar-refractivity contribution in [1.82, 2.24) is 0 Å². The van der Waals surface area contributed by atoms with E-state index in [0.29, 0.717) is 35.0 Å². The molecule has 3 atom stereocenters. The number of para-hydroxylation sites is 1. The molecule has 5 rings (SSSR count). The first-order valence-corrected chi connectivity index (χ1v) is 10.8. The van der Waals surface area contributed by atoms with Gasteiger partial charge in [-0.25, -0.2) is 0 Å². The summed E-state index contributed by atoms with van der Waals surface area (Å²) in [5, 5.41) is 0. The Hall–Kier alpha value is -3.80. The lowest BCUT2D eigenvalue weighted by atomic mass is 9.47. The van der Waals surface area contributed by atoms with E-state index in [2.05, 4.69) is 0 Å². The fraction of sp³-hybridized carbons (Fsp3) is 0.259. The quantitative estimate of drug-likeness (QED) is 0.236. The highest BCUT2D eigenvalue weighted by Crippen LogP contribution is 2.66. The average Bonchev–Trinajstić information content (AvgIpc) is 2.83. The molecule has 6 nitrogen and oxygen atoms in total. The van der Waals surface area contributed by atoms with Gasteiger partial charge >= 0.3 is 5.97 Å². The van der Waals surface area contributed by atoms with Crippen LogP contribution in [0.15, 0.2) is 66.7 Å². The Kier molecular flexibility index (Phi) is 5.08. The van der Waals surface area contributed by atoms with E-state index in [1.165, 1.54) is 21.3 Å². The first-order valence-electron chi connectivity index (χ1n) is 10.8. The van der Waals surface area contributed by atoms with Crippen molar-refractivity contribution in [3.8, 4) is 23.0 Å². The number of carbonyl (C=O) groups is 2. The number of hydrogen-bond acceptors (Lipinski definition) is 6. The van der Waals surface area contributed by atoms with Crippen molar-refractivity contribution in [2.24, 2.45) is 5.41 Å². The molecule has 0 unspecified atom stereocenters. The van der Waals surface area contributed by atoms with E-state index in [9.17, 15) is 9.59 Å². The lowest BCUT2D eigenvalue weighted by molar-refractivity contribution is -0.153. The predicted octanol–water partition coefficient (Wildman–Crippen LogP) is 4.77. The van der Waals surface area contributed by atoms with Crippen LogP contribution in [-0.2, 0) is 4.79 Å². The molecule has 1 heterocycles. The van der Waals surface area contributed by atoms with Gasteiger partial charge in [-0.1, -0.05) is 48.5 Å². The Morgan fingerprint density at radius 1 is 0.909 bits per heavy atom. The summed E-state index contributed by atoms with van der Waals surface area (Å²) >= 11 is 0. The number of Topliss-reactive ketones (excluding diaryl/α,β-unsaturated/α-hetero) is 1. The second-order valence-electron chi connectivity index (χ2n) is 8.34. The minimum atomic E-state index is -1.32. The fourth-order valence-corrected chi connectivity index (χ4v) is 5.30. The van der Waals surface area contributed by atoms with Gasteiger partial charge < -0.3 is 18.9 Å². The number of fused-ring (bicyclic) bond motifs is 3. The maximum Gasteiger partial charge on any atom is 0.326 e. The zero-order valence-electron chi connectivity index (χ0n) is 18.7. The minimum Gasteiger partial charge on any atom is -0.493 e. The predicted molar refractivity (Wildman–Crippen MR) is 121 cm³/mol. The maximum atomic E-state index is 14.1. The van der Waals surface area contributed by atoms with Gasteiger partial charge in [0.15, 0.2) is 17.3 Å². The molecule has 1 saturated carbocycles. The molecule has 1 fully saturated rings. The van der Waals surface area contributed by atoms with Crippen LogP contribution in [0, 0.1) is 5.41 Å². The summed E-state index contributed by atoms with van der Waals surface area (Å²) in [6.45, 7) is 0. The van der Waals surface area contributed by atoms with Crippen LogP contribution in [0.3, 0.4) is 0 Å². The van der Waals surface area contributed by atoms with Gasteiger partial charge in [0.05, 0.1) is 21.3 Å². The lowest BCUT2D eigenvalue weighted by Gasteiger charge is -2.54. The van der Waals surface area contributed by atoms with Crippen molar-refractivity contribution in [3.05, 3.63) is 83.4 Å². The van der Waals surface area contributed by atoms with E-state index in [1.54, 1.807) is 18.2 Å². The van der Waals surface area contributed by atoms with Gasteiger partial charge in [0.1, 0.15) is 11.2 Å². The largest absolute Gasteiger partial charge is 0.493 e. The second kappa shape index (κ2) is 7.96. The molecule has 168 valence electrons. The highest BCUT2D eigenvalue weighted by Gasteiger charge is 2.67. The monoisotopic (exact) mass is 444 g/mol. The Morgan fingerprint density at radius 2 is 1.55 bits per heavy atom. The third kappa shape index (κ3) is 3.01. The molecule has 2 aliphatic rings. The van der Waals surface area contributed by atoms with Crippen molar-refractivity contribution in [1.29, 1.82) is 0 Å². The maximum absolute atomic E-state index is 14.1. The first kappa shape index (κ1) is 21.1. The number of esters is 1. The van der Waals surface area contributed by atoms with E-state index in [4.69, 9.17) is 18.9 Å². The molecular formula is C27H24O6. The summed E-state index contributed by atoms with van der Waals surface area (Å²) in [4.78, 5) is 27.5. The van der Waals surface area contributed by atoms with Gasteiger partial charge in [-0.05, 0) is 36.1 Å². The van der Waals surface area contributed by atoms with Gasteiger partial charge in [-0.15, -0.1) is 0 Å². The van der Waals surface area contributed by atoms with Gasteiger partial charge in [0.25, 0.3) is 0 Å². The Balaban J connectivity index is 1.65. The number of methoxy groups -OCH3 is 3. The number of carbonyl (C=O) groups excluding carboxylic acids is 2. The van der Waals surface area contributed by atoms with E-state index >= 15 is 0 Å². The van der Waals surface area contributed by atoms with Crippen LogP contribution in [0.4, 0.5) is 0 Å². The second-order valence-corrected chi connectivity index (χ2v) is 8.34. The molecule has 1 aliphatic heterocycles. The van der Waals surface area contributed by atoms with Gasteiger partial charge in [0.2, 0.25) is 5.75 Å². The van der Waals surface area contributed by atoms with Crippen LogP contribution in [0.5, 0.6) is 23.0 Å². The Labute approximate surface area is 192 Å². The van der Waals surface area contributed by atoms with E-state index < -0.39 is 11.4 Å². The molecule has 6 heteroatoms. The molecule has 0 saturated heterocycles. The Bertz CT molecular complexity index is 1210. The van der Waals surface area contributed by atoms with Gasteiger partial charge in [0, 0.05) is 17.0 Å². The Morgan fingerprint density at radius 3 is 2.18 bits per heavy atom. The van der Waals surface area contributed by atoms with E-state index in [-0.39, 0.29) is 17.6 Å². The summed E-state index contributed by atoms with van der Waals surface area (Å²) in [6.07, 6.45) is 0.365. The highest BCUT2D eigenvalue weighted by atomic mass is 16.5. The average molecular weight is 444 g/mol. The molecule has 0 amide bonds. The molecule has 0 spiro atoms. The third-order valence-corrected chi connectivity index (χ3v) is 6.86. The summed E-state index contributed by atoms with van der Waals surface area (Å²) < 4.78 is 22.0. The fourth-order valence-electron chi connectivity index (χ4n) is 5.30. The molecule has 3 aromatic rings. The molecule has 0 aromatic heterocycles. The van der Waals surface area contributed by atoms with E-state index in [1.807, 2.05) is 48.5 Å². The standard InChI is InChI=1S/C27H24O6/c1-30-21-13-17(14-22(31-2)24(21)32-3)25(28)27-15-19(16-9-5-4-6-10-16)23(27)18-11-7-8-12-20(18)33-26(27)29/h4-14,19,23H,15H2,1-3H3/t19-,23-,27+/m1/s1. The smallest absolute Gasteiger partial charge is 0.326 e. The number of hydrogen-bond donors (Lipinski definition) is 0. The van der Waals surface area contributed by atoms with Crippen molar-refractivity contribution < 1.29 is 28.5 Å². The van der Waals surface area contributed by atoms with Crippen molar-refractivity contribution in [2.45, 2.75) is 18.3 Å². The van der Waals surface area contributed by atoms with Crippen molar-refractivity contribution in [2.75, 3.05) is 21.3 Å². The summed E-state index contributed by atoms with van der Waals surface area (Å²) in [5.41, 5.74) is 0.968. The molecule has 1 aliphatic carbocycles. The van der Waals surface area contributed by atoms with Crippen LogP contribution in [-0.4, -0.2) is 33.1 Å². The summed E-state index contributed by atoms with van der Waals surface area (Å²) in [7, 11) is 4.49. The van der Waals surface area contributed by atoms with Crippen LogP contribution >= 0.6 is 0 Å². The van der Waals surface area contributed by atoms with Crippen molar-refractivity contribution >= 4 is 11.8 Å². The van der Waals surface area contributed by atoms with Gasteiger partial charge in [-0.2, -0.15) is 0 Å². The third-order valence-electron chi connectivity index (χ3n) is 6.86. The summed E-state index contributed by atoms with van der Waals surface area (Å²) in [5.74, 6) is 0.485. The van der Waals surface area contributed by atoms with E-state index in [0.717, 1.165) is 11.1 Å². The number of rotatable bonds is 6. The molecule has 3 aromatic carbocycles. The first-order chi connectivity index (χ1) is 16.0. The van der Waals surface area contributed by atoms with Crippen LogP contribution in [0.2, 0.25) is 0 Å². The highest BCUT2D eigenvalue weighted by molar-refractivity contribution is 6.16. The van der Waals surface area contributed by atoms with Crippen LogP contribution < -0.4 is 18.9 Å². The van der Waals surface area contributed by atoms with Gasteiger partial charge in [-0.3, -0.25) is 9.59 Å². The number of ether oxygens (including phenoxy) is 4. The molecule has 0 N–H and O–H groups in total. The van der Waals surface area contributed by atoms with Crippen LogP contribution in [0.25, 0.3) is 0 Å². The molecule has 0 radical (unpaired) electrons. The normalized spacial score (nSPS) is 22.8. The van der Waals surface area contributed by atoms with Crippen LogP contribution in [0.1, 0.15) is 39.7 Å². The molecular weight excluding hydrogens is 420 g/mol. The topological polar surface area (TPSA) is 71.1 Å².